The molecule has 1 heterocycles. The minimum Gasteiger partial charge on any atom is -0.354 e. The number of unbranched alkanes of at least 4 members (excludes halogenated alkanes) is 1. The molecular weight excluding hydrogens is 196 g/mol. The van der Waals surface area contributed by atoms with Crippen LogP contribution in [0.3, 0.4) is 0 Å². The molecule has 0 spiro atoms. The lowest BCUT2D eigenvalue weighted by molar-refractivity contribution is 0.494. The van der Waals surface area contributed by atoms with E-state index < -0.39 is 0 Å². The van der Waals surface area contributed by atoms with E-state index in [0.717, 1.165) is 12.5 Å². The fourth-order valence-electron chi connectivity index (χ4n) is 2.33. The average molecular weight is 220 g/mol. The molecule has 1 aromatic heterocycles. The summed E-state index contributed by atoms with van der Waals surface area (Å²) in [6.45, 7) is 6.68. The molecule has 1 aromatic rings. The SMILES string of the molecule is CCCCn1ccc(C(NCC)C2CC2)c1. The Bertz CT molecular complexity index is 312. The second-order valence-electron chi connectivity index (χ2n) is 4.91. The zero-order chi connectivity index (χ0) is 11.4. The molecule has 0 aliphatic heterocycles. The molecule has 1 N–H and O–H groups in total. The molecule has 16 heavy (non-hydrogen) atoms. The molecule has 1 unspecified atom stereocenters. The lowest BCUT2D eigenvalue weighted by atomic mass is 10.1. The summed E-state index contributed by atoms with van der Waals surface area (Å²) in [6, 6.07) is 2.90. The Kier molecular flexibility index (Phi) is 4.05. The van der Waals surface area contributed by atoms with Crippen LogP contribution in [0.4, 0.5) is 0 Å². The van der Waals surface area contributed by atoms with Crippen molar-refractivity contribution < 1.29 is 0 Å². The Labute approximate surface area is 99.0 Å². The lowest BCUT2D eigenvalue weighted by Gasteiger charge is -2.15. The summed E-state index contributed by atoms with van der Waals surface area (Å²) in [5, 5.41) is 3.62. The molecular formula is C14H24N2. The molecule has 0 amide bonds. The predicted molar refractivity (Wildman–Crippen MR) is 68.5 cm³/mol. The van der Waals surface area contributed by atoms with E-state index in [2.05, 4.69) is 42.2 Å². The lowest BCUT2D eigenvalue weighted by Crippen LogP contribution is -2.22. The van der Waals surface area contributed by atoms with Gasteiger partial charge in [-0.1, -0.05) is 20.3 Å². The Hall–Kier alpha value is -0.760. The van der Waals surface area contributed by atoms with Gasteiger partial charge in [0.2, 0.25) is 0 Å². The van der Waals surface area contributed by atoms with Crippen LogP contribution >= 0.6 is 0 Å². The number of rotatable bonds is 7. The molecule has 1 aliphatic rings. The first kappa shape index (κ1) is 11.7. The van der Waals surface area contributed by atoms with Gasteiger partial charge in [0, 0.05) is 25.0 Å². The largest absolute Gasteiger partial charge is 0.354 e. The highest BCUT2D eigenvalue weighted by molar-refractivity contribution is 5.18. The Balaban J connectivity index is 1.97. The fourth-order valence-corrected chi connectivity index (χ4v) is 2.33. The van der Waals surface area contributed by atoms with Gasteiger partial charge in [-0.25, -0.2) is 0 Å². The van der Waals surface area contributed by atoms with Crippen LogP contribution in [0.15, 0.2) is 18.5 Å². The molecule has 0 saturated heterocycles. The van der Waals surface area contributed by atoms with E-state index in [1.165, 1.54) is 37.8 Å². The molecule has 1 fully saturated rings. The van der Waals surface area contributed by atoms with Crippen LogP contribution in [0.2, 0.25) is 0 Å². The quantitative estimate of drug-likeness (QED) is 0.745. The Morgan fingerprint density at radius 1 is 1.44 bits per heavy atom. The topological polar surface area (TPSA) is 17.0 Å². The van der Waals surface area contributed by atoms with Gasteiger partial charge in [-0.05, 0) is 43.4 Å². The van der Waals surface area contributed by atoms with Crippen molar-refractivity contribution in [3.8, 4) is 0 Å². The van der Waals surface area contributed by atoms with Gasteiger partial charge in [0.25, 0.3) is 0 Å². The van der Waals surface area contributed by atoms with Crippen molar-refractivity contribution in [1.82, 2.24) is 9.88 Å². The van der Waals surface area contributed by atoms with E-state index in [1.54, 1.807) is 0 Å². The van der Waals surface area contributed by atoms with E-state index in [4.69, 9.17) is 0 Å². The van der Waals surface area contributed by atoms with Gasteiger partial charge in [-0.3, -0.25) is 0 Å². The van der Waals surface area contributed by atoms with Gasteiger partial charge < -0.3 is 9.88 Å². The molecule has 2 nitrogen and oxygen atoms in total. The van der Waals surface area contributed by atoms with Gasteiger partial charge >= 0.3 is 0 Å². The van der Waals surface area contributed by atoms with Crippen molar-refractivity contribution in [3.63, 3.8) is 0 Å². The van der Waals surface area contributed by atoms with Crippen molar-refractivity contribution in [2.75, 3.05) is 6.54 Å². The second-order valence-corrected chi connectivity index (χ2v) is 4.91. The van der Waals surface area contributed by atoms with Crippen LogP contribution < -0.4 is 5.32 Å². The van der Waals surface area contributed by atoms with Crippen LogP contribution in [0.1, 0.15) is 51.1 Å². The van der Waals surface area contributed by atoms with Crippen molar-refractivity contribution in [3.05, 3.63) is 24.0 Å². The van der Waals surface area contributed by atoms with Crippen LogP contribution in [0.25, 0.3) is 0 Å². The summed E-state index contributed by atoms with van der Waals surface area (Å²) in [4.78, 5) is 0. The summed E-state index contributed by atoms with van der Waals surface area (Å²) < 4.78 is 2.34. The molecule has 1 atom stereocenters. The molecule has 1 aliphatic carbocycles. The van der Waals surface area contributed by atoms with E-state index >= 15 is 0 Å². The average Bonchev–Trinajstić information content (AvgIpc) is 3.02. The van der Waals surface area contributed by atoms with E-state index in [0.29, 0.717) is 6.04 Å². The minimum absolute atomic E-state index is 0.605. The molecule has 0 aromatic carbocycles. The van der Waals surface area contributed by atoms with Gasteiger partial charge in [0.1, 0.15) is 0 Å². The highest BCUT2D eigenvalue weighted by Gasteiger charge is 2.31. The highest BCUT2D eigenvalue weighted by atomic mass is 15.0. The molecule has 90 valence electrons. The first-order valence-electron chi connectivity index (χ1n) is 6.74. The van der Waals surface area contributed by atoms with E-state index in [1.807, 2.05) is 0 Å². The van der Waals surface area contributed by atoms with Gasteiger partial charge in [-0.2, -0.15) is 0 Å². The highest BCUT2D eigenvalue weighted by Crippen LogP contribution is 2.40. The number of nitrogens with zero attached hydrogens (tertiary/aromatic N) is 1. The zero-order valence-corrected chi connectivity index (χ0v) is 10.6. The minimum atomic E-state index is 0.605. The second kappa shape index (κ2) is 5.53. The van der Waals surface area contributed by atoms with Crippen molar-refractivity contribution >= 4 is 0 Å². The number of hydrogen-bond donors (Lipinski definition) is 1. The van der Waals surface area contributed by atoms with Crippen LogP contribution in [0, 0.1) is 5.92 Å². The van der Waals surface area contributed by atoms with E-state index in [9.17, 15) is 0 Å². The van der Waals surface area contributed by atoms with Crippen molar-refractivity contribution in [2.24, 2.45) is 5.92 Å². The third-order valence-corrected chi connectivity index (χ3v) is 3.42. The summed E-state index contributed by atoms with van der Waals surface area (Å²) >= 11 is 0. The molecule has 2 rings (SSSR count). The zero-order valence-electron chi connectivity index (χ0n) is 10.6. The van der Waals surface area contributed by atoms with Crippen molar-refractivity contribution in [2.45, 2.75) is 52.1 Å². The van der Waals surface area contributed by atoms with Crippen LogP contribution in [0.5, 0.6) is 0 Å². The number of aryl methyl sites for hydroxylation is 1. The van der Waals surface area contributed by atoms with E-state index in [-0.39, 0.29) is 0 Å². The number of hydrogen-bond acceptors (Lipinski definition) is 1. The van der Waals surface area contributed by atoms with Gasteiger partial charge in [-0.15, -0.1) is 0 Å². The maximum absolute atomic E-state index is 3.62. The molecule has 0 bridgehead atoms. The summed E-state index contributed by atoms with van der Waals surface area (Å²) in [6.07, 6.45) is 9.92. The number of nitrogens with one attached hydrogen (secondary N) is 1. The third kappa shape index (κ3) is 2.88. The summed E-state index contributed by atoms with van der Waals surface area (Å²) in [5.74, 6) is 0.891. The molecule has 0 radical (unpaired) electrons. The van der Waals surface area contributed by atoms with Gasteiger partial charge in [0.05, 0.1) is 0 Å². The summed E-state index contributed by atoms with van der Waals surface area (Å²) in [5.41, 5.74) is 1.49. The first-order valence-corrected chi connectivity index (χ1v) is 6.74. The first-order chi connectivity index (χ1) is 7.85. The fraction of sp³-hybridized carbons (Fsp3) is 0.714. The maximum Gasteiger partial charge on any atom is 0.0363 e. The Morgan fingerprint density at radius 2 is 2.25 bits per heavy atom. The van der Waals surface area contributed by atoms with Crippen LogP contribution in [-0.4, -0.2) is 11.1 Å². The third-order valence-electron chi connectivity index (χ3n) is 3.42. The van der Waals surface area contributed by atoms with Crippen molar-refractivity contribution in [1.29, 1.82) is 0 Å². The normalized spacial score (nSPS) is 17.6. The predicted octanol–water partition coefficient (Wildman–Crippen LogP) is 3.35. The molecule has 1 saturated carbocycles. The summed E-state index contributed by atoms with van der Waals surface area (Å²) in [7, 11) is 0. The van der Waals surface area contributed by atoms with Gasteiger partial charge in [0.15, 0.2) is 0 Å². The smallest absolute Gasteiger partial charge is 0.0363 e. The molecule has 2 heteroatoms. The van der Waals surface area contributed by atoms with Crippen LogP contribution in [-0.2, 0) is 6.54 Å². The maximum atomic E-state index is 3.62. The standard InChI is InChI=1S/C14H24N2/c1-3-5-9-16-10-8-13(11-16)14(15-4-2)12-6-7-12/h8,10-12,14-15H,3-7,9H2,1-2H3. The number of aromatic nitrogens is 1. The Morgan fingerprint density at radius 3 is 2.88 bits per heavy atom. The monoisotopic (exact) mass is 220 g/mol.